The average Bonchev–Trinajstić information content (AvgIpc) is 2.69. The van der Waals surface area contributed by atoms with Crippen LogP contribution in [0.15, 0.2) is 41.4 Å². The van der Waals surface area contributed by atoms with E-state index in [0.29, 0.717) is 5.75 Å². The number of nitrogens with zero attached hydrogens (tertiary/aromatic N) is 1. The first-order valence-electron chi connectivity index (χ1n) is 10.6. The van der Waals surface area contributed by atoms with Gasteiger partial charge in [-0.1, -0.05) is 47.7 Å². The van der Waals surface area contributed by atoms with E-state index >= 15 is 0 Å². The lowest BCUT2D eigenvalue weighted by Crippen LogP contribution is -2.57. The monoisotopic (exact) mass is 438 g/mol. The first-order chi connectivity index (χ1) is 14.6. The number of carbonyl (C=O) groups is 1. The van der Waals surface area contributed by atoms with Crippen LogP contribution in [-0.2, 0) is 4.79 Å². The molecule has 164 valence electrons. The van der Waals surface area contributed by atoms with Crippen molar-refractivity contribution in [1.82, 2.24) is 5.32 Å². The number of fused-ring (bicyclic) bond motifs is 1. The zero-order chi connectivity index (χ0) is 22.4. The summed E-state index contributed by atoms with van der Waals surface area (Å²) in [5.41, 5.74) is 3.58. The lowest BCUT2D eigenvalue weighted by molar-refractivity contribution is -0.131. The van der Waals surface area contributed by atoms with Crippen LogP contribution in [0, 0.1) is 13.8 Å². The number of ether oxygens (including phenoxy) is 2. The SMILES string of the molecule is CSC1=NC2(CC(c3ccc(C)cc3)c3ccc(OC(C)=O)c(C)c3O2)CC(C)(C)N1. The highest BCUT2D eigenvalue weighted by atomic mass is 32.2. The number of esters is 1. The third-order valence-corrected chi connectivity index (χ3v) is 6.55. The molecule has 0 saturated carbocycles. The van der Waals surface area contributed by atoms with E-state index in [1.807, 2.05) is 25.3 Å². The van der Waals surface area contributed by atoms with E-state index in [1.54, 1.807) is 11.8 Å². The van der Waals surface area contributed by atoms with Crippen LogP contribution in [0.25, 0.3) is 0 Å². The van der Waals surface area contributed by atoms with Crippen LogP contribution in [0.2, 0.25) is 0 Å². The van der Waals surface area contributed by atoms with Gasteiger partial charge in [0.05, 0.1) is 0 Å². The summed E-state index contributed by atoms with van der Waals surface area (Å²) in [6, 6.07) is 12.6. The Kier molecular flexibility index (Phi) is 5.54. The lowest BCUT2D eigenvalue weighted by Gasteiger charge is -2.47. The fraction of sp³-hybridized carbons (Fsp3) is 0.440. The molecule has 2 heterocycles. The number of thioether (sulfide) groups is 1. The van der Waals surface area contributed by atoms with Crippen molar-refractivity contribution in [2.75, 3.05) is 6.26 Å². The van der Waals surface area contributed by atoms with Gasteiger partial charge >= 0.3 is 5.97 Å². The van der Waals surface area contributed by atoms with Gasteiger partial charge in [0.2, 0.25) is 5.72 Å². The summed E-state index contributed by atoms with van der Waals surface area (Å²) < 4.78 is 12.2. The highest BCUT2D eigenvalue weighted by molar-refractivity contribution is 8.13. The molecular formula is C25H30N2O3S. The molecule has 1 spiro atoms. The first kappa shape index (κ1) is 21.8. The molecule has 0 amide bonds. The Bertz CT molecular complexity index is 1050. The average molecular weight is 439 g/mol. The Labute approximate surface area is 188 Å². The molecule has 2 aromatic rings. The number of aryl methyl sites for hydroxylation is 1. The van der Waals surface area contributed by atoms with Crippen molar-refractivity contribution in [2.24, 2.45) is 4.99 Å². The van der Waals surface area contributed by atoms with Crippen molar-refractivity contribution in [1.29, 1.82) is 0 Å². The fourth-order valence-corrected chi connectivity index (χ4v) is 5.31. The summed E-state index contributed by atoms with van der Waals surface area (Å²) in [6.07, 6.45) is 3.52. The highest BCUT2D eigenvalue weighted by Crippen LogP contribution is 2.51. The number of amidine groups is 1. The molecule has 6 heteroatoms. The molecule has 2 aliphatic heterocycles. The van der Waals surface area contributed by atoms with E-state index in [1.165, 1.54) is 18.1 Å². The molecule has 5 nitrogen and oxygen atoms in total. The minimum Gasteiger partial charge on any atom is -0.465 e. The molecule has 0 bridgehead atoms. The van der Waals surface area contributed by atoms with Crippen LogP contribution >= 0.6 is 11.8 Å². The topological polar surface area (TPSA) is 59.9 Å². The number of benzene rings is 2. The van der Waals surface area contributed by atoms with Crippen molar-refractivity contribution in [2.45, 2.75) is 64.6 Å². The molecule has 2 aliphatic rings. The van der Waals surface area contributed by atoms with Crippen molar-refractivity contribution in [3.63, 3.8) is 0 Å². The van der Waals surface area contributed by atoms with Gasteiger partial charge in [-0.05, 0) is 45.6 Å². The van der Waals surface area contributed by atoms with Gasteiger partial charge in [0.15, 0.2) is 5.17 Å². The first-order valence-corrected chi connectivity index (χ1v) is 11.8. The zero-order valence-corrected chi connectivity index (χ0v) is 19.9. The standard InChI is InChI=1S/C25H30N2O3S/c1-15-7-9-18(10-8-15)20-13-25(14-24(4,5)26-23(27-25)31-6)30-22-16(2)21(29-17(3)28)12-11-19(20)22/h7-12,20H,13-14H2,1-6H3,(H,26,27). The molecule has 31 heavy (non-hydrogen) atoms. The molecule has 2 unspecified atom stereocenters. The molecule has 0 aromatic heterocycles. The fourth-order valence-electron chi connectivity index (χ4n) is 4.68. The van der Waals surface area contributed by atoms with Gasteiger partial charge in [-0.3, -0.25) is 4.79 Å². The Morgan fingerprint density at radius 1 is 1.19 bits per heavy atom. The number of rotatable bonds is 2. The van der Waals surface area contributed by atoms with Gasteiger partial charge in [-0.25, -0.2) is 4.99 Å². The van der Waals surface area contributed by atoms with E-state index in [-0.39, 0.29) is 17.4 Å². The van der Waals surface area contributed by atoms with Gasteiger partial charge in [-0.2, -0.15) is 0 Å². The third kappa shape index (κ3) is 4.31. The predicted molar refractivity (Wildman–Crippen MR) is 126 cm³/mol. The molecule has 0 radical (unpaired) electrons. The summed E-state index contributed by atoms with van der Waals surface area (Å²) in [6.45, 7) is 9.83. The number of hydrogen-bond donors (Lipinski definition) is 1. The number of aliphatic imine (C=N–C) groups is 1. The van der Waals surface area contributed by atoms with Crippen LogP contribution in [0.4, 0.5) is 0 Å². The zero-order valence-electron chi connectivity index (χ0n) is 19.0. The van der Waals surface area contributed by atoms with Crippen LogP contribution in [-0.4, -0.2) is 28.7 Å². The summed E-state index contributed by atoms with van der Waals surface area (Å²) in [4.78, 5) is 16.7. The van der Waals surface area contributed by atoms with Gasteiger partial charge in [0.1, 0.15) is 11.5 Å². The third-order valence-electron chi connectivity index (χ3n) is 5.97. The van der Waals surface area contributed by atoms with E-state index in [0.717, 1.165) is 34.9 Å². The van der Waals surface area contributed by atoms with Crippen molar-refractivity contribution < 1.29 is 14.3 Å². The molecule has 2 atom stereocenters. The van der Waals surface area contributed by atoms with Crippen LogP contribution < -0.4 is 14.8 Å². The number of nitrogens with one attached hydrogen (secondary N) is 1. The quantitative estimate of drug-likeness (QED) is 0.507. The molecule has 4 rings (SSSR count). The Hall–Kier alpha value is -2.47. The second kappa shape index (κ2) is 7.90. The maximum absolute atomic E-state index is 11.6. The smallest absolute Gasteiger partial charge is 0.308 e. The highest BCUT2D eigenvalue weighted by Gasteiger charge is 2.48. The molecule has 2 aromatic carbocycles. The summed E-state index contributed by atoms with van der Waals surface area (Å²) in [5.74, 6) is 1.11. The maximum atomic E-state index is 11.6. The number of carbonyl (C=O) groups excluding carboxylic acids is 1. The molecule has 0 aliphatic carbocycles. The summed E-state index contributed by atoms with van der Waals surface area (Å²) in [5, 5.41) is 4.40. The minimum absolute atomic E-state index is 0.134. The van der Waals surface area contributed by atoms with E-state index < -0.39 is 5.72 Å². The second-order valence-electron chi connectivity index (χ2n) is 9.22. The maximum Gasteiger partial charge on any atom is 0.308 e. The predicted octanol–water partition coefficient (Wildman–Crippen LogP) is 5.33. The van der Waals surface area contributed by atoms with Crippen LogP contribution in [0.5, 0.6) is 11.5 Å². The lowest BCUT2D eigenvalue weighted by atomic mass is 9.77. The molecule has 0 saturated heterocycles. The van der Waals surface area contributed by atoms with Gasteiger partial charge in [0, 0.05) is 42.3 Å². The van der Waals surface area contributed by atoms with Crippen molar-refractivity contribution in [3.05, 3.63) is 58.7 Å². The second-order valence-corrected chi connectivity index (χ2v) is 10.0. The Morgan fingerprint density at radius 3 is 2.55 bits per heavy atom. The van der Waals surface area contributed by atoms with Crippen LogP contribution in [0.1, 0.15) is 61.8 Å². The Morgan fingerprint density at radius 2 is 1.90 bits per heavy atom. The van der Waals surface area contributed by atoms with Crippen molar-refractivity contribution >= 4 is 22.9 Å². The van der Waals surface area contributed by atoms with E-state index in [4.69, 9.17) is 14.5 Å². The van der Waals surface area contributed by atoms with E-state index in [9.17, 15) is 4.79 Å². The Balaban J connectivity index is 1.88. The van der Waals surface area contributed by atoms with Gasteiger partial charge < -0.3 is 14.8 Å². The molecule has 0 fully saturated rings. The minimum atomic E-state index is -0.685. The summed E-state index contributed by atoms with van der Waals surface area (Å²) >= 11 is 1.60. The molecule has 1 N–H and O–H groups in total. The van der Waals surface area contributed by atoms with Gasteiger partial charge in [0.25, 0.3) is 0 Å². The normalized spacial score (nSPS) is 23.9. The van der Waals surface area contributed by atoms with Crippen LogP contribution in [0.3, 0.4) is 0 Å². The molecular weight excluding hydrogens is 408 g/mol. The van der Waals surface area contributed by atoms with Gasteiger partial charge in [-0.15, -0.1) is 0 Å². The van der Waals surface area contributed by atoms with Crippen molar-refractivity contribution in [3.8, 4) is 11.5 Å². The largest absolute Gasteiger partial charge is 0.465 e. The van der Waals surface area contributed by atoms with E-state index in [2.05, 4.69) is 50.4 Å². The number of hydrogen-bond acceptors (Lipinski definition) is 6. The summed E-state index contributed by atoms with van der Waals surface area (Å²) in [7, 11) is 0.